The van der Waals surface area contributed by atoms with Crippen LogP contribution in [0.5, 0.6) is 0 Å². The maximum absolute atomic E-state index is 12.8. The summed E-state index contributed by atoms with van der Waals surface area (Å²) in [5.41, 5.74) is 1.21. The van der Waals surface area contributed by atoms with Gasteiger partial charge in [0.15, 0.2) is 5.82 Å². The summed E-state index contributed by atoms with van der Waals surface area (Å²) in [4.78, 5) is 23.4. The molecular formula is C17H20N4O3. The highest BCUT2D eigenvalue weighted by Crippen LogP contribution is 2.43. The monoisotopic (exact) mass is 328 g/mol. The van der Waals surface area contributed by atoms with E-state index >= 15 is 0 Å². The number of hydrogen-bond donors (Lipinski definition) is 0. The fourth-order valence-electron chi connectivity index (χ4n) is 3.77. The van der Waals surface area contributed by atoms with Crippen LogP contribution in [0.4, 0.5) is 0 Å². The molecule has 24 heavy (non-hydrogen) atoms. The number of hydrogen-bond acceptors (Lipinski definition) is 6. The Balaban J connectivity index is 1.55. The SMILES string of the molecule is Cc1cccc(C(=O)N2C[C@@H]3COC[C@]3(Cc3nc(C)no3)C2)n1. The summed E-state index contributed by atoms with van der Waals surface area (Å²) in [6, 6.07) is 5.53. The van der Waals surface area contributed by atoms with E-state index in [-0.39, 0.29) is 11.3 Å². The number of ether oxygens (including phenoxy) is 1. The third-order valence-electron chi connectivity index (χ3n) is 4.99. The van der Waals surface area contributed by atoms with E-state index in [0.29, 0.717) is 56.1 Å². The summed E-state index contributed by atoms with van der Waals surface area (Å²) in [6.45, 7) is 6.29. The van der Waals surface area contributed by atoms with Crippen LogP contribution in [0.25, 0.3) is 0 Å². The molecule has 0 saturated carbocycles. The molecule has 0 spiro atoms. The molecule has 7 heteroatoms. The highest BCUT2D eigenvalue weighted by Gasteiger charge is 2.52. The summed E-state index contributed by atoms with van der Waals surface area (Å²) in [7, 11) is 0. The van der Waals surface area contributed by atoms with E-state index in [1.165, 1.54) is 0 Å². The lowest BCUT2D eigenvalue weighted by atomic mass is 9.78. The van der Waals surface area contributed by atoms with Gasteiger partial charge in [0, 0.05) is 36.5 Å². The minimum atomic E-state index is -0.140. The highest BCUT2D eigenvalue weighted by molar-refractivity contribution is 5.92. The largest absolute Gasteiger partial charge is 0.380 e. The van der Waals surface area contributed by atoms with Gasteiger partial charge in [0.25, 0.3) is 5.91 Å². The first-order chi connectivity index (χ1) is 11.6. The summed E-state index contributed by atoms with van der Waals surface area (Å²) in [6.07, 6.45) is 0.642. The standard InChI is InChI=1S/C17H20N4O3/c1-11-4-3-5-14(18-11)16(22)21-7-13-8-23-10-17(13,9-21)6-15-19-12(2)20-24-15/h3-5,13H,6-10H2,1-2H3/t13-,17+/m1/s1. The summed E-state index contributed by atoms with van der Waals surface area (Å²) >= 11 is 0. The number of nitrogens with zero attached hydrogens (tertiary/aromatic N) is 4. The van der Waals surface area contributed by atoms with Crippen LogP contribution in [-0.2, 0) is 11.2 Å². The molecule has 0 radical (unpaired) electrons. The van der Waals surface area contributed by atoms with Gasteiger partial charge in [-0.3, -0.25) is 4.79 Å². The van der Waals surface area contributed by atoms with Gasteiger partial charge in [-0.05, 0) is 26.0 Å². The Morgan fingerprint density at radius 3 is 3.00 bits per heavy atom. The van der Waals surface area contributed by atoms with E-state index in [4.69, 9.17) is 9.26 Å². The second-order valence-corrected chi connectivity index (χ2v) is 6.84. The first-order valence-electron chi connectivity index (χ1n) is 8.16. The predicted molar refractivity (Wildman–Crippen MR) is 84.4 cm³/mol. The number of rotatable bonds is 3. The zero-order chi connectivity index (χ0) is 16.7. The van der Waals surface area contributed by atoms with Crippen molar-refractivity contribution in [2.24, 2.45) is 11.3 Å². The Kier molecular flexibility index (Phi) is 3.60. The minimum absolute atomic E-state index is 0.0193. The topological polar surface area (TPSA) is 81.4 Å². The lowest BCUT2D eigenvalue weighted by molar-refractivity contribution is 0.0707. The van der Waals surface area contributed by atoms with Crippen LogP contribution >= 0.6 is 0 Å². The molecule has 4 rings (SSSR count). The molecule has 126 valence electrons. The first-order valence-corrected chi connectivity index (χ1v) is 8.16. The third kappa shape index (κ3) is 2.58. The fraction of sp³-hybridized carbons (Fsp3) is 0.529. The molecule has 2 aliphatic rings. The van der Waals surface area contributed by atoms with Gasteiger partial charge < -0.3 is 14.2 Å². The molecule has 2 aliphatic heterocycles. The van der Waals surface area contributed by atoms with Crippen molar-refractivity contribution in [1.82, 2.24) is 20.0 Å². The van der Waals surface area contributed by atoms with E-state index in [2.05, 4.69) is 15.1 Å². The van der Waals surface area contributed by atoms with E-state index in [0.717, 1.165) is 5.69 Å². The van der Waals surface area contributed by atoms with Crippen LogP contribution in [0.2, 0.25) is 0 Å². The number of likely N-dealkylation sites (tertiary alicyclic amines) is 1. The second kappa shape index (κ2) is 5.66. The second-order valence-electron chi connectivity index (χ2n) is 6.84. The third-order valence-corrected chi connectivity index (χ3v) is 4.99. The van der Waals surface area contributed by atoms with Crippen LogP contribution in [0, 0.1) is 25.2 Å². The lowest BCUT2D eigenvalue weighted by Gasteiger charge is -2.25. The van der Waals surface area contributed by atoms with Crippen LogP contribution in [0.1, 0.15) is 27.9 Å². The molecule has 0 bridgehead atoms. The quantitative estimate of drug-likeness (QED) is 0.847. The number of fused-ring (bicyclic) bond motifs is 1. The van der Waals surface area contributed by atoms with Crippen LogP contribution in [-0.4, -0.2) is 52.2 Å². The number of pyridine rings is 1. The van der Waals surface area contributed by atoms with Gasteiger partial charge in [0.05, 0.1) is 13.2 Å². The van der Waals surface area contributed by atoms with E-state index < -0.39 is 0 Å². The van der Waals surface area contributed by atoms with E-state index in [1.54, 1.807) is 13.0 Å². The Morgan fingerprint density at radius 2 is 2.25 bits per heavy atom. The number of aromatic nitrogens is 3. The molecule has 2 fully saturated rings. The zero-order valence-electron chi connectivity index (χ0n) is 13.9. The molecule has 7 nitrogen and oxygen atoms in total. The highest BCUT2D eigenvalue weighted by atomic mass is 16.5. The molecular weight excluding hydrogens is 308 g/mol. The van der Waals surface area contributed by atoms with Crippen LogP contribution in [0.3, 0.4) is 0 Å². The maximum Gasteiger partial charge on any atom is 0.272 e. The van der Waals surface area contributed by atoms with Crippen molar-refractivity contribution in [2.45, 2.75) is 20.3 Å². The van der Waals surface area contributed by atoms with E-state index in [9.17, 15) is 4.79 Å². The Labute approximate surface area is 140 Å². The van der Waals surface area contributed by atoms with Crippen LogP contribution < -0.4 is 0 Å². The first kappa shape index (κ1) is 15.3. The van der Waals surface area contributed by atoms with Gasteiger partial charge >= 0.3 is 0 Å². The van der Waals surface area contributed by atoms with Crippen molar-refractivity contribution < 1.29 is 14.1 Å². The zero-order valence-corrected chi connectivity index (χ0v) is 13.9. The molecule has 0 aromatic carbocycles. The van der Waals surface area contributed by atoms with Crippen molar-refractivity contribution in [3.8, 4) is 0 Å². The van der Waals surface area contributed by atoms with Crippen LogP contribution in [0.15, 0.2) is 22.7 Å². The summed E-state index contributed by atoms with van der Waals surface area (Å²) in [5, 5.41) is 3.86. The molecule has 4 heterocycles. The lowest BCUT2D eigenvalue weighted by Crippen LogP contribution is -2.35. The van der Waals surface area contributed by atoms with Crippen molar-refractivity contribution in [2.75, 3.05) is 26.3 Å². The smallest absolute Gasteiger partial charge is 0.272 e. The van der Waals surface area contributed by atoms with Gasteiger partial charge in [-0.15, -0.1) is 0 Å². The molecule has 0 aliphatic carbocycles. The van der Waals surface area contributed by atoms with Gasteiger partial charge in [-0.25, -0.2) is 4.98 Å². The van der Waals surface area contributed by atoms with Gasteiger partial charge in [0.2, 0.25) is 5.89 Å². The van der Waals surface area contributed by atoms with Crippen molar-refractivity contribution >= 4 is 5.91 Å². The molecule has 2 aromatic heterocycles. The maximum atomic E-state index is 12.8. The van der Waals surface area contributed by atoms with Gasteiger partial charge in [-0.2, -0.15) is 4.98 Å². The number of amides is 1. The molecule has 0 unspecified atom stereocenters. The normalized spacial score (nSPS) is 25.9. The van der Waals surface area contributed by atoms with Gasteiger partial charge in [0.1, 0.15) is 5.69 Å². The average Bonchev–Trinajstić information content (AvgIpc) is 3.21. The minimum Gasteiger partial charge on any atom is -0.380 e. The Hall–Kier alpha value is -2.28. The number of carbonyl (C=O) groups is 1. The number of carbonyl (C=O) groups excluding carboxylic acids is 1. The van der Waals surface area contributed by atoms with Gasteiger partial charge in [-0.1, -0.05) is 11.2 Å². The molecule has 1 amide bonds. The summed E-state index contributed by atoms with van der Waals surface area (Å²) < 4.78 is 11.0. The fourth-order valence-corrected chi connectivity index (χ4v) is 3.77. The Morgan fingerprint density at radius 1 is 1.38 bits per heavy atom. The summed E-state index contributed by atoms with van der Waals surface area (Å²) in [5.74, 6) is 1.52. The van der Waals surface area contributed by atoms with E-state index in [1.807, 2.05) is 24.0 Å². The molecule has 2 aromatic rings. The molecule has 0 N–H and O–H groups in total. The number of aryl methyl sites for hydroxylation is 2. The van der Waals surface area contributed by atoms with Crippen molar-refractivity contribution in [3.63, 3.8) is 0 Å². The average molecular weight is 328 g/mol. The van der Waals surface area contributed by atoms with Crippen molar-refractivity contribution in [1.29, 1.82) is 0 Å². The Bertz CT molecular complexity index is 775. The van der Waals surface area contributed by atoms with Crippen molar-refractivity contribution in [3.05, 3.63) is 41.3 Å². The molecule has 2 atom stereocenters. The predicted octanol–water partition coefficient (Wildman–Crippen LogP) is 1.41. The molecule has 2 saturated heterocycles.